The minimum absolute atomic E-state index is 0.160. The van der Waals surface area contributed by atoms with Crippen LogP contribution in [-0.4, -0.2) is 59.3 Å². The van der Waals surface area contributed by atoms with Crippen molar-refractivity contribution in [2.45, 2.75) is 44.6 Å². The minimum atomic E-state index is -0.887. The van der Waals surface area contributed by atoms with E-state index in [-0.39, 0.29) is 24.5 Å². The molecule has 4 rings (SSSR count). The first-order valence-corrected chi connectivity index (χ1v) is 9.82. The molecular weight excluding hydrogens is 348 g/mol. The van der Waals surface area contributed by atoms with Gasteiger partial charge in [-0.2, -0.15) is 0 Å². The van der Waals surface area contributed by atoms with Crippen LogP contribution in [0.25, 0.3) is 0 Å². The summed E-state index contributed by atoms with van der Waals surface area (Å²) in [4.78, 5) is 30.8. The lowest BCUT2D eigenvalue weighted by Crippen LogP contribution is -2.45. The molecule has 0 bridgehead atoms. The van der Waals surface area contributed by atoms with E-state index in [0.29, 0.717) is 37.6 Å². The van der Waals surface area contributed by atoms with E-state index in [1.165, 1.54) is 6.42 Å². The van der Waals surface area contributed by atoms with Crippen molar-refractivity contribution in [2.75, 3.05) is 26.3 Å². The third-order valence-electron chi connectivity index (χ3n) is 6.24. The number of carboxylic acid groups (broad SMARTS) is 1. The van der Waals surface area contributed by atoms with Gasteiger partial charge in [0.25, 0.3) is 5.91 Å². The summed E-state index contributed by atoms with van der Waals surface area (Å²) in [5, 5.41) is 9.77. The van der Waals surface area contributed by atoms with Crippen LogP contribution >= 0.6 is 0 Å². The van der Waals surface area contributed by atoms with Crippen LogP contribution in [0.4, 0.5) is 0 Å². The van der Waals surface area contributed by atoms with Gasteiger partial charge in [0.15, 0.2) is 0 Å². The summed E-state index contributed by atoms with van der Waals surface area (Å²) in [6.45, 7) is 1.46. The van der Waals surface area contributed by atoms with Crippen LogP contribution in [0.1, 0.15) is 48.9 Å². The number of carboxylic acids is 1. The molecule has 1 N–H and O–H groups in total. The van der Waals surface area contributed by atoms with Crippen LogP contribution in [0.5, 0.6) is 5.88 Å². The summed E-state index contributed by atoms with van der Waals surface area (Å²) in [7, 11) is 0. The molecule has 2 saturated heterocycles. The van der Waals surface area contributed by atoms with E-state index < -0.39 is 11.4 Å². The Hall–Kier alpha value is -2.15. The van der Waals surface area contributed by atoms with E-state index in [2.05, 4.69) is 4.98 Å². The minimum Gasteiger partial charge on any atom is -0.481 e. The third-order valence-corrected chi connectivity index (χ3v) is 6.24. The van der Waals surface area contributed by atoms with E-state index >= 15 is 0 Å². The highest BCUT2D eigenvalue weighted by Gasteiger charge is 2.54. The Bertz CT molecular complexity index is 718. The molecule has 0 radical (unpaired) electrons. The Morgan fingerprint density at radius 1 is 1.30 bits per heavy atom. The van der Waals surface area contributed by atoms with Gasteiger partial charge in [0.05, 0.1) is 12.0 Å². The van der Waals surface area contributed by atoms with Gasteiger partial charge in [-0.05, 0) is 38.2 Å². The SMILES string of the molecule is O=C(c1ccnc(OC2CCCCC2)c1)N1C[C@H]2COCC[C@@]2(C(=O)O)C1. The number of likely N-dealkylation sites (tertiary alicyclic amines) is 1. The number of pyridine rings is 1. The van der Waals surface area contributed by atoms with Crippen LogP contribution in [0.15, 0.2) is 18.3 Å². The highest BCUT2D eigenvalue weighted by molar-refractivity contribution is 5.95. The van der Waals surface area contributed by atoms with Crippen LogP contribution in [-0.2, 0) is 9.53 Å². The number of ether oxygens (including phenoxy) is 2. The van der Waals surface area contributed by atoms with Gasteiger partial charge in [-0.3, -0.25) is 9.59 Å². The molecule has 2 aliphatic heterocycles. The molecule has 1 amide bonds. The molecule has 146 valence electrons. The van der Waals surface area contributed by atoms with E-state index in [4.69, 9.17) is 9.47 Å². The van der Waals surface area contributed by atoms with E-state index in [0.717, 1.165) is 25.7 Å². The summed E-state index contributed by atoms with van der Waals surface area (Å²) in [6, 6.07) is 3.35. The molecule has 3 aliphatic rings. The Morgan fingerprint density at radius 3 is 2.85 bits per heavy atom. The molecule has 1 aliphatic carbocycles. The zero-order chi connectivity index (χ0) is 18.9. The number of rotatable bonds is 4. The van der Waals surface area contributed by atoms with Gasteiger partial charge in [0.2, 0.25) is 5.88 Å². The molecule has 0 unspecified atom stereocenters. The Morgan fingerprint density at radius 2 is 2.11 bits per heavy atom. The zero-order valence-corrected chi connectivity index (χ0v) is 15.4. The van der Waals surface area contributed by atoms with Gasteiger partial charge in [-0.1, -0.05) is 6.42 Å². The van der Waals surface area contributed by atoms with E-state index in [1.54, 1.807) is 23.2 Å². The maximum Gasteiger partial charge on any atom is 0.311 e. The predicted octanol–water partition coefficient (Wildman–Crippen LogP) is 2.36. The molecule has 2 atom stereocenters. The maximum atomic E-state index is 13.0. The number of nitrogens with zero attached hydrogens (tertiary/aromatic N) is 2. The molecule has 3 fully saturated rings. The van der Waals surface area contributed by atoms with E-state index in [1.807, 2.05) is 0 Å². The number of fused-ring (bicyclic) bond motifs is 1. The normalized spacial score (nSPS) is 28.6. The maximum absolute atomic E-state index is 13.0. The number of hydrogen-bond donors (Lipinski definition) is 1. The molecule has 1 aromatic heterocycles. The largest absolute Gasteiger partial charge is 0.481 e. The lowest BCUT2D eigenvalue weighted by atomic mass is 9.74. The molecular formula is C20H26N2O5. The Kier molecular flexibility index (Phi) is 5.04. The summed E-state index contributed by atoms with van der Waals surface area (Å²) in [6.07, 6.45) is 7.82. The number of amides is 1. The quantitative estimate of drug-likeness (QED) is 0.870. The second-order valence-electron chi connectivity index (χ2n) is 7.93. The van der Waals surface area contributed by atoms with Crippen molar-refractivity contribution in [1.29, 1.82) is 0 Å². The molecule has 7 nitrogen and oxygen atoms in total. The second kappa shape index (κ2) is 7.46. The average molecular weight is 374 g/mol. The van der Waals surface area contributed by atoms with Crippen molar-refractivity contribution >= 4 is 11.9 Å². The number of carbonyl (C=O) groups is 2. The highest BCUT2D eigenvalue weighted by atomic mass is 16.5. The smallest absolute Gasteiger partial charge is 0.311 e. The number of hydrogen-bond acceptors (Lipinski definition) is 5. The first-order valence-electron chi connectivity index (χ1n) is 9.82. The summed E-state index contributed by atoms with van der Waals surface area (Å²) in [5.74, 6) is -0.684. The van der Waals surface area contributed by atoms with Crippen molar-refractivity contribution in [1.82, 2.24) is 9.88 Å². The van der Waals surface area contributed by atoms with Gasteiger partial charge in [-0.25, -0.2) is 4.98 Å². The molecule has 1 aromatic rings. The standard InChI is InChI=1S/C20H26N2O5/c23-18(22-11-15-12-26-9-7-20(15,13-22)19(24)25)14-6-8-21-17(10-14)27-16-4-2-1-3-5-16/h6,8,10,15-16H,1-5,7,9,11-13H2,(H,24,25)/t15-,20+/m0/s1. The Balaban J connectivity index is 1.48. The fraction of sp³-hybridized carbons (Fsp3) is 0.650. The first kappa shape index (κ1) is 18.2. The highest BCUT2D eigenvalue weighted by Crippen LogP contribution is 2.42. The fourth-order valence-corrected chi connectivity index (χ4v) is 4.60. The van der Waals surface area contributed by atoms with Gasteiger partial charge in [-0.15, -0.1) is 0 Å². The fourth-order valence-electron chi connectivity index (χ4n) is 4.60. The van der Waals surface area contributed by atoms with Crippen LogP contribution in [0, 0.1) is 11.3 Å². The number of carbonyl (C=O) groups excluding carboxylic acids is 1. The van der Waals surface area contributed by atoms with Gasteiger partial charge in [0.1, 0.15) is 6.10 Å². The first-order chi connectivity index (χ1) is 13.1. The van der Waals surface area contributed by atoms with Gasteiger partial charge in [0, 0.05) is 43.4 Å². The molecule has 0 spiro atoms. The van der Waals surface area contributed by atoms with Gasteiger partial charge >= 0.3 is 5.97 Å². The van der Waals surface area contributed by atoms with Crippen LogP contribution in [0.2, 0.25) is 0 Å². The summed E-state index contributed by atoms with van der Waals surface area (Å²) >= 11 is 0. The lowest BCUT2D eigenvalue weighted by molar-refractivity contribution is -0.157. The van der Waals surface area contributed by atoms with Crippen molar-refractivity contribution in [2.24, 2.45) is 11.3 Å². The Labute approximate surface area is 158 Å². The molecule has 3 heterocycles. The zero-order valence-electron chi connectivity index (χ0n) is 15.4. The monoisotopic (exact) mass is 374 g/mol. The van der Waals surface area contributed by atoms with Crippen molar-refractivity contribution < 1.29 is 24.2 Å². The summed E-state index contributed by atoms with van der Waals surface area (Å²) < 4.78 is 11.4. The average Bonchev–Trinajstić information content (AvgIpc) is 3.09. The topological polar surface area (TPSA) is 89.0 Å². The van der Waals surface area contributed by atoms with Crippen molar-refractivity contribution in [3.05, 3.63) is 23.9 Å². The molecule has 0 aromatic carbocycles. The van der Waals surface area contributed by atoms with Crippen molar-refractivity contribution in [3.63, 3.8) is 0 Å². The summed E-state index contributed by atoms with van der Waals surface area (Å²) in [5.41, 5.74) is -0.390. The van der Waals surface area contributed by atoms with Crippen LogP contribution < -0.4 is 4.74 Å². The third kappa shape index (κ3) is 3.52. The van der Waals surface area contributed by atoms with Crippen LogP contribution in [0.3, 0.4) is 0 Å². The lowest BCUT2D eigenvalue weighted by Gasteiger charge is -2.33. The van der Waals surface area contributed by atoms with Crippen molar-refractivity contribution in [3.8, 4) is 5.88 Å². The second-order valence-corrected chi connectivity index (χ2v) is 7.93. The number of aliphatic carboxylic acids is 1. The van der Waals surface area contributed by atoms with E-state index in [9.17, 15) is 14.7 Å². The van der Waals surface area contributed by atoms with Gasteiger partial charge < -0.3 is 19.5 Å². The molecule has 7 heteroatoms. The molecule has 27 heavy (non-hydrogen) atoms. The predicted molar refractivity (Wildman–Crippen MR) is 96.6 cm³/mol. The molecule has 1 saturated carbocycles. The number of aromatic nitrogens is 1.